The van der Waals surface area contributed by atoms with E-state index in [4.69, 9.17) is 18.9 Å². The first-order valence-corrected chi connectivity index (χ1v) is 10.1. The minimum absolute atomic E-state index is 0.149. The zero-order chi connectivity index (χ0) is 19.4. The lowest BCUT2D eigenvalue weighted by Gasteiger charge is -2.44. The van der Waals surface area contributed by atoms with E-state index in [1.54, 1.807) is 14.2 Å². The summed E-state index contributed by atoms with van der Waals surface area (Å²) in [5.41, 5.74) is 1.39. The molecule has 5 nitrogen and oxygen atoms in total. The van der Waals surface area contributed by atoms with Crippen LogP contribution in [0.25, 0.3) is 0 Å². The second-order valence-corrected chi connectivity index (χ2v) is 8.76. The van der Waals surface area contributed by atoms with Gasteiger partial charge < -0.3 is 18.9 Å². The van der Waals surface area contributed by atoms with Gasteiger partial charge in [0.2, 0.25) is 0 Å². The Balaban J connectivity index is 1.60. The first-order valence-electron chi connectivity index (χ1n) is 10.1. The van der Waals surface area contributed by atoms with Crippen LogP contribution in [0.4, 0.5) is 0 Å². The SMILES string of the molecule is COc1cc(CN2CCOC(O[C@H]3CCC(C)CC3(C)C)C2)cc(OC)c1. The summed E-state index contributed by atoms with van der Waals surface area (Å²) in [7, 11) is 3.37. The summed E-state index contributed by atoms with van der Waals surface area (Å²) in [4.78, 5) is 2.39. The fourth-order valence-corrected chi connectivity index (χ4v) is 4.50. The van der Waals surface area contributed by atoms with Crippen LogP contribution < -0.4 is 9.47 Å². The molecule has 2 unspecified atom stereocenters. The lowest BCUT2D eigenvalue weighted by Crippen LogP contribution is -2.48. The molecule has 0 radical (unpaired) electrons. The van der Waals surface area contributed by atoms with Crippen molar-refractivity contribution in [3.05, 3.63) is 23.8 Å². The van der Waals surface area contributed by atoms with Gasteiger partial charge in [0, 0.05) is 25.7 Å². The Morgan fingerprint density at radius 3 is 2.44 bits per heavy atom. The van der Waals surface area contributed by atoms with Crippen LogP contribution in [-0.2, 0) is 16.0 Å². The topological polar surface area (TPSA) is 40.2 Å². The van der Waals surface area contributed by atoms with Crippen molar-refractivity contribution in [2.24, 2.45) is 11.3 Å². The van der Waals surface area contributed by atoms with Gasteiger partial charge in [-0.3, -0.25) is 4.90 Å². The quantitative estimate of drug-likeness (QED) is 0.747. The minimum Gasteiger partial charge on any atom is -0.497 e. The highest BCUT2D eigenvalue weighted by Crippen LogP contribution is 2.41. The fraction of sp³-hybridized carbons (Fsp3) is 0.727. The average molecular weight is 378 g/mol. The summed E-state index contributed by atoms with van der Waals surface area (Å²) in [6, 6.07) is 6.04. The van der Waals surface area contributed by atoms with Crippen LogP contribution in [0.15, 0.2) is 18.2 Å². The van der Waals surface area contributed by atoms with Crippen LogP contribution in [0.5, 0.6) is 11.5 Å². The number of morpholine rings is 1. The first kappa shape index (κ1) is 20.4. The molecule has 5 heteroatoms. The number of methoxy groups -OCH3 is 2. The third kappa shape index (κ3) is 5.37. The standard InChI is InChI=1S/C22H35NO4/c1-16-6-7-20(22(2,3)13-16)27-21-15-23(8-9-26-21)14-17-10-18(24-4)12-19(11-17)25-5/h10-12,16,20-21H,6-9,13-15H2,1-5H3/t16?,20-,21?/m0/s1. The predicted molar refractivity (Wildman–Crippen MR) is 106 cm³/mol. The van der Waals surface area contributed by atoms with Crippen LogP contribution in [-0.4, -0.2) is 51.2 Å². The Bertz CT molecular complexity index is 596. The lowest BCUT2D eigenvalue weighted by atomic mass is 9.70. The molecule has 1 heterocycles. The summed E-state index contributed by atoms with van der Waals surface area (Å²) >= 11 is 0. The molecule has 3 atom stereocenters. The van der Waals surface area contributed by atoms with E-state index in [0.29, 0.717) is 6.61 Å². The fourth-order valence-electron chi connectivity index (χ4n) is 4.50. The summed E-state index contributed by atoms with van der Waals surface area (Å²) in [5.74, 6) is 2.43. The van der Waals surface area contributed by atoms with Gasteiger partial charge >= 0.3 is 0 Å². The Labute approximate surface area is 163 Å². The number of rotatable bonds is 6. The van der Waals surface area contributed by atoms with Crippen LogP contribution in [0.3, 0.4) is 0 Å². The van der Waals surface area contributed by atoms with E-state index in [2.05, 4.69) is 37.8 Å². The lowest BCUT2D eigenvalue weighted by molar-refractivity contribution is -0.229. The largest absolute Gasteiger partial charge is 0.497 e. The molecule has 0 spiro atoms. The van der Waals surface area contributed by atoms with E-state index in [9.17, 15) is 0 Å². The van der Waals surface area contributed by atoms with Crippen molar-refractivity contribution in [3.8, 4) is 11.5 Å². The third-order valence-electron chi connectivity index (χ3n) is 5.92. The number of nitrogens with zero attached hydrogens (tertiary/aromatic N) is 1. The summed E-state index contributed by atoms with van der Waals surface area (Å²) in [6.45, 7) is 10.2. The third-order valence-corrected chi connectivity index (χ3v) is 5.92. The molecule has 1 aliphatic carbocycles. The monoisotopic (exact) mass is 377 g/mol. The average Bonchev–Trinajstić information content (AvgIpc) is 2.63. The smallest absolute Gasteiger partial charge is 0.170 e. The van der Waals surface area contributed by atoms with E-state index in [1.165, 1.54) is 18.4 Å². The van der Waals surface area contributed by atoms with Crippen molar-refractivity contribution >= 4 is 0 Å². The normalized spacial score (nSPS) is 28.7. The summed E-state index contributed by atoms with van der Waals surface area (Å²) < 4.78 is 23.2. The van der Waals surface area contributed by atoms with Gasteiger partial charge in [-0.15, -0.1) is 0 Å². The molecule has 2 fully saturated rings. The van der Waals surface area contributed by atoms with Crippen molar-refractivity contribution in [2.75, 3.05) is 33.9 Å². The number of ether oxygens (including phenoxy) is 4. The van der Waals surface area contributed by atoms with Crippen LogP contribution in [0.2, 0.25) is 0 Å². The van der Waals surface area contributed by atoms with Crippen LogP contribution in [0, 0.1) is 11.3 Å². The highest BCUT2D eigenvalue weighted by molar-refractivity contribution is 5.38. The maximum atomic E-state index is 6.44. The minimum atomic E-state index is -0.149. The van der Waals surface area contributed by atoms with Crippen molar-refractivity contribution in [3.63, 3.8) is 0 Å². The number of benzene rings is 1. The Kier molecular flexibility index (Phi) is 6.66. The van der Waals surface area contributed by atoms with E-state index in [0.717, 1.165) is 43.5 Å². The van der Waals surface area contributed by atoms with Gasteiger partial charge in [-0.05, 0) is 48.3 Å². The van der Waals surface area contributed by atoms with Gasteiger partial charge in [0.1, 0.15) is 11.5 Å². The van der Waals surface area contributed by atoms with Gasteiger partial charge in [0.25, 0.3) is 0 Å². The Hall–Kier alpha value is -1.30. The number of hydrogen-bond donors (Lipinski definition) is 0. The molecule has 152 valence electrons. The van der Waals surface area contributed by atoms with E-state index < -0.39 is 0 Å². The van der Waals surface area contributed by atoms with Crippen molar-refractivity contribution in [2.45, 2.75) is 59.0 Å². The molecule has 0 amide bonds. The highest BCUT2D eigenvalue weighted by atomic mass is 16.7. The van der Waals surface area contributed by atoms with Crippen LogP contribution in [0.1, 0.15) is 45.6 Å². The molecule has 1 aliphatic heterocycles. The highest BCUT2D eigenvalue weighted by Gasteiger charge is 2.38. The second kappa shape index (κ2) is 8.80. The van der Waals surface area contributed by atoms with Crippen LogP contribution >= 0.6 is 0 Å². The molecule has 0 aromatic heterocycles. The van der Waals surface area contributed by atoms with Gasteiger partial charge in [-0.2, -0.15) is 0 Å². The zero-order valence-electron chi connectivity index (χ0n) is 17.5. The molecule has 27 heavy (non-hydrogen) atoms. The Morgan fingerprint density at radius 1 is 1.11 bits per heavy atom. The predicted octanol–water partition coefficient (Wildman–Crippen LogP) is 4.09. The summed E-state index contributed by atoms with van der Waals surface area (Å²) in [5, 5.41) is 0. The second-order valence-electron chi connectivity index (χ2n) is 8.76. The molecular weight excluding hydrogens is 342 g/mol. The van der Waals surface area contributed by atoms with Gasteiger partial charge in [0.05, 0.1) is 26.9 Å². The number of hydrogen-bond acceptors (Lipinski definition) is 5. The molecule has 0 bridgehead atoms. The van der Waals surface area contributed by atoms with E-state index in [-0.39, 0.29) is 17.8 Å². The molecule has 2 aliphatic rings. The van der Waals surface area contributed by atoms with Gasteiger partial charge in [-0.1, -0.05) is 20.8 Å². The molecule has 0 N–H and O–H groups in total. The molecule has 1 saturated heterocycles. The van der Waals surface area contributed by atoms with Crippen molar-refractivity contribution < 1.29 is 18.9 Å². The van der Waals surface area contributed by atoms with Crippen molar-refractivity contribution in [1.29, 1.82) is 0 Å². The maximum Gasteiger partial charge on any atom is 0.170 e. The molecular formula is C22H35NO4. The molecule has 1 aromatic rings. The van der Waals surface area contributed by atoms with E-state index in [1.807, 2.05) is 6.07 Å². The van der Waals surface area contributed by atoms with Gasteiger partial charge in [-0.25, -0.2) is 0 Å². The van der Waals surface area contributed by atoms with Crippen molar-refractivity contribution in [1.82, 2.24) is 4.90 Å². The van der Waals surface area contributed by atoms with E-state index >= 15 is 0 Å². The maximum absolute atomic E-state index is 6.44. The Morgan fingerprint density at radius 2 is 1.81 bits per heavy atom. The zero-order valence-corrected chi connectivity index (χ0v) is 17.5. The molecule has 1 saturated carbocycles. The van der Waals surface area contributed by atoms with Gasteiger partial charge in [0.15, 0.2) is 6.29 Å². The summed E-state index contributed by atoms with van der Waals surface area (Å²) in [6.07, 6.45) is 3.71. The first-order chi connectivity index (χ1) is 12.9. The molecule has 1 aromatic carbocycles. The molecule has 3 rings (SSSR count).